The molecule has 21 heavy (non-hydrogen) atoms. The number of pyridine rings is 1. The molecule has 5 nitrogen and oxygen atoms in total. The molecule has 0 aliphatic carbocycles. The number of aromatic nitrogens is 1. The summed E-state index contributed by atoms with van der Waals surface area (Å²) in [6.07, 6.45) is 1.43. The van der Waals surface area contributed by atoms with E-state index in [0.717, 1.165) is 0 Å². The maximum Gasteiger partial charge on any atom is 0.339 e. The molecule has 0 bridgehead atoms. The van der Waals surface area contributed by atoms with E-state index in [1.165, 1.54) is 13.3 Å². The van der Waals surface area contributed by atoms with Crippen molar-refractivity contribution in [1.82, 2.24) is 4.98 Å². The maximum atomic E-state index is 11.3. The molecule has 2 rings (SSSR count). The van der Waals surface area contributed by atoms with Gasteiger partial charge < -0.3 is 14.6 Å². The summed E-state index contributed by atoms with van der Waals surface area (Å²) in [7, 11) is 1.32. The zero-order chi connectivity index (χ0) is 15.2. The van der Waals surface area contributed by atoms with Gasteiger partial charge in [-0.3, -0.25) is 4.98 Å². The molecule has 0 aliphatic heterocycles. The highest BCUT2D eigenvalue weighted by Crippen LogP contribution is 2.23. The Kier molecular flexibility index (Phi) is 5.14. The molecule has 6 heteroatoms. The van der Waals surface area contributed by atoms with Gasteiger partial charge in [0.05, 0.1) is 25.0 Å². The van der Waals surface area contributed by atoms with Gasteiger partial charge in [0.2, 0.25) is 0 Å². The van der Waals surface area contributed by atoms with Crippen LogP contribution in [0.5, 0.6) is 5.75 Å². The Labute approximate surface area is 127 Å². The Morgan fingerprint density at radius 1 is 1.33 bits per heavy atom. The quantitative estimate of drug-likeness (QED) is 0.860. The van der Waals surface area contributed by atoms with Crippen molar-refractivity contribution in [3.05, 3.63) is 58.4 Å². The molecule has 1 aromatic carbocycles. The summed E-state index contributed by atoms with van der Waals surface area (Å²) in [5.41, 5.74) is 1.64. The molecular weight excluding hydrogens is 294 g/mol. The predicted octanol–water partition coefficient (Wildman–Crippen LogP) is 2.59. The summed E-state index contributed by atoms with van der Waals surface area (Å²) < 4.78 is 10.2. The normalized spacial score (nSPS) is 10.2. The van der Waals surface area contributed by atoms with E-state index in [9.17, 15) is 9.90 Å². The molecule has 0 saturated carbocycles. The van der Waals surface area contributed by atoms with Crippen molar-refractivity contribution in [2.75, 3.05) is 7.11 Å². The second-order valence-electron chi connectivity index (χ2n) is 4.23. The molecule has 0 saturated heterocycles. The molecule has 1 aromatic heterocycles. The number of ether oxygens (including phenoxy) is 2. The summed E-state index contributed by atoms with van der Waals surface area (Å²) in [4.78, 5) is 15.4. The SMILES string of the molecule is COC(=O)c1ccc(COc2ccc(Cl)cc2CO)nc1. The molecule has 0 spiro atoms. The lowest BCUT2D eigenvalue weighted by Crippen LogP contribution is -2.04. The number of nitrogens with zero attached hydrogens (tertiary/aromatic N) is 1. The van der Waals surface area contributed by atoms with E-state index in [0.29, 0.717) is 27.6 Å². The number of rotatable bonds is 5. The van der Waals surface area contributed by atoms with Crippen LogP contribution >= 0.6 is 11.6 Å². The van der Waals surface area contributed by atoms with Crippen LogP contribution in [0.1, 0.15) is 21.6 Å². The third kappa shape index (κ3) is 3.93. The minimum Gasteiger partial charge on any atom is -0.487 e. The van der Waals surface area contributed by atoms with E-state index in [4.69, 9.17) is 16.3 Å². The van der Waals surface area contributed by atoms with E-state index in [1.54, 1.807) is 30.3 Å². The Balaban J connectivity index is 2.05. The number of methoxy groups -OCH3 is 1. The van der Waals surface area contributed by atoms with Crippen molar-refractivity contribution in [2.45, 2.75) is 13.2 Å². The van der Waals surface area contributed by atoms with Crippen LogP contribution in [0.25, 0.3) is 0 Å². The number of hydrogen-bond acceptors (Lipinski definition) is 5. The summed E-state index contributed by atoms with van der Waals surface area (Å²) in [6, 6.07) is 8.32. The molecule has 0 fully saturated rings. The van der Waals surface area contributed by atoms with E-state index in [-0.39, 0.29) is 13.2 Å². The van der Waals surface area contributed by atoms with Crippen LogP contribution in [0.3, 0.4) is 0 Å². The van der Waals surface area contributed by atoms with Crippen LogP contribution in [0.15, 0.2) is 36.5 Å². The molecule has 1 heterocycles. The van der Waals surface area contributed by atoms with Crippen LogP contribution in [0, 0.1) is 0 Å². The molecule has 0 atom stereocenters. The van der Waals surface area contributed by atoms with Gasteiger partial charge in [0.1, 0.15) is 12.4 Å². The predicted molar refractivity (Wildman–Crippen MR) is 77.3 cm³/mol. The van der Waals surface area contributed by atoms with Crippen LogP contribution in [-0.4, -0.2) is 23.2 Å². The highest BCUT2D eigenvalue weighted by molar-refractivity contribution is 6.30. The van der Waals surface area contributed by atoms with Gasteiger partial charge in [0, 0.05) is 16.8 Å². The zero-order valence-electron chi connectivity index (χ0n) is 11.4. The molecule has 0 aliphatic rings. The van der Waals surface area contributed by atoms with Gasteiger partial charge in [0.15, 0.2) is 0 Å². The Hall–Kier alpha value is -2.11. The van der Waals surface area contributed by atoms with Crippen LogP contribution in [0.2, 0.25) is 5.02 Å². The largest absolute Gasteiger partial charge is 0.487 e. The highest BCUT2D eigenvalue weighted by atomic mass is 35.5. The molecule has 0 radical (unpaired) electrons. The lowest BCUT2D eigenvalue weighted by molar-refractivity contribution is 0.0600. The number of benzene rings is 1. The van der Waals surface area contributed by atoms with Crippen molar-refractivity contribution < 1.29 is 19.4 Å². The van der Waals surface area contributed by atoms with E-state index < -0.39 is 5.97 Å². The number of carbonyl (C=O) groups is 1. The zero-order valence-corrected chi connectivity index (χ0v) is 12.1. The average Bonchev–Trinajstić information content (AvgIpc) is 2.53. The van der Waals surface area contributed by atoms with E-state index >= 15 is 0 Å². The summed E-state index contributed by atoms with van der Waals surface area (Å²) >= 11 is 5.85. The van der Waals surface area contributed by atoms with Crippen LogP contribution in [0.4, 0.5) is 0 Å². The van der Waals surface area contributed by atoms with Gasteiger partial charge in [0.25, 0.3) is 0 Å². The van der Waals surface area contributed by atoms with Crippen molar-refractivity contribution >= 4 is 17.6 Å². The summed E-state index contributed by atoms with van der Waals surface area (Å²) in [5, 5.41) is 9.79. The van der Waals surface area contributed by atoms with Gasteiger partial charge >= 0.3 is 5.97 Å². The first-order valence-electron chi connectivity index (χ1n) is 6.19. The highest BCUT2D eigenvalue weighted by Gasteiger charge is 2.07. The fourth-order valence-electron chi connectivity index (χ4n) is 1.71. The smallest absolute Gasteiger partial charge is 0.339 e. The van der Waals surface area contributed by atoms with Gasteiger partial charge in [-0.2, -0.15) is 0 Å². The maximum absolute atomic E-state index is 11.3. The fraction of sp³-hybridized carbons (Fsp3) is 0.200. The van der Waals surface area contributed by atoms with Crippen molar-refractivity contribution in [3.8, 4) is 5.75 Å². The van der Waals surface area contributed by atoms with Gasteiger partial charge in [-0.15, -0.1) is 0 Å². The standard InChI is InChI=1S/C15H14ClNO4/c1-20-15(19)10-2-4-13(17-7-10)9-21-14-5-3-12(16)6-11(14)8-18/h2-7,18H,8-9H2,1H3. The van der Waals surface area contributed by atoms with Gasteiger partial charge in [-0.05, 0) is 30.3 Å². The molecular formula is C15H14ClNO4. The lowest BCUT2D eigenvalue weighted by Gasteiger charge is -2.10. The average molecular weight is 308 g/mol. The van der Waals surface area contributed by atoms with E-state index in [1.807, 2.05) is 0 Å². The van der Waals surface area contributed by atoms with Crippen molar-refractivity contribution in [2.24, 2.45) is 0 Å². The van der Waals surface area contributed by atoms with Crippen molar-refractivity contribution in [3.63, 3.8) is 0 Å². The first-order valence-corrected chi connectivity index (χ1v) is 6.57. The molecule has 1 N–H and O–H groups in total. The Bertz CT molecular complexity index is 628. The Morgan fingerprint density at radius 2 is 2.14 bits per heavy atom. The fourth-order valence-corrected chi connectivity index (χ4v) is 1.91. The van der Waals surface area contributed by atoms with Crippen LogP contribution in [-0.2, 0) is 18.0 Å². The minimum atomic E-state index is -0.435. The Morgan fingerprint density at radius 3 is 2.76 bits per heavy atom. The third-order valence-electron chi connectivity index (χ3n) is 2.81. The second-order valence-corrected chi connectivity index (χ2v) is 4.67. The number of halogens is 1. The molecule has 0 unspecified atom stereocenters. The minimum absolute atomic E-state index is 0.162. The third-order valence-corrected chi connectivity index (χ3v) is 3.05. The number of carbonyl (C=O) groups excluding carboxylic acids is 1. The lowest BCUT2D eigenvalue weighted by atomic mass is 10.2. The van der Waals surface area contributed by atoms with E-state index in [2.05, 4.69) is 9.72 Å². The number of hydrogen-bond donors (Lipinski definition) is 1. The molecule has 110 valence electrons. The summed E-state index contributed by atoms with van der Waals surface area (Å²) in [5.74, 6) is 0.107. The first kappa shape index (κ1) is 15.3. The monoisotopic (exact) mass is 307 g/mol. The number of aliphatic hydroxyl groups excluding tert-OH is 1. The van der Waals surface area contributed by atoms with Gasteiger partial charge in [-0.25, -0.2) is 4.79 Å². The topological polar surface area (TPSA) is 68.7 Å². The van der Waals surface area contributed by atoms with Crippen LogP contribution < -0.4 is 4.74 Å². The number of esters is 1. The molecule has 2 aromatic rings. The van der Waals surface area contributed by atoms with Gasteiger partial charge in [-0.1, -0.05) is 11.6 Å². The first-order chi connectivity index (χ1) is 10.1. The molecule has 0 amide bonds. The summed E-state index contributed by atoms with van der Waals surface area (Å²) in [6.45, 7) is 0.0562. The second kappa shape index (κ2) is 7.06. The van der Waals surface area contributed by atoms with Crippen molar-refractivity contribution in [1.29, 1.82) is 0 Å². The number of aliphatic hydroxyl groups is 1.